The fourth-order valence-electron chi connectivity index (χ4n) is 3.95. The van der Waals surface area contributed by atoms with Crippen LogP contribution < -0.4 is 15.4 Å². The lowest BCUT2D eigenvalue weighted by Crippen LogP contribution is -2.43. The van der Waals surface area contributed by atoms with Crippen molar-refractivity contribution >= 4 is 5.69 Å². The Labute approximate surface area is 128 Å². The van der Waals surface area contributed by atoms with Gasteiger partial charge in [-0.05, 0) is 57.2 Å². The highest BCUT2D eigenvalue weighted by molar-refractivity contribution is 5.49. The SMILES string of the molecule is CCOc1cccc(NC2CCCCC2C2CCCN2)c1. The molecule has 2 fully saturated rings. The van der Waals surface area contributed by atoms with Crippen LogP contribution in [0.5, 0.6) is 5.75 Å². The minimum absolute atomic E-state index is 0.603. The standard InChI is InChI=1S/C18H28N2O/c1-2-21-15-8-5-7-14(13-15)20-18-10-4-3-9-16(18)17-11-6-12-19-17/h5,7-8,13,16-20H,2-4,6,9-12H2,1H3. The zero-order valence-electron chi connectivity index (χ0n) is 13.1. The van der Waals surface area contributed by atoms with Gasteiger partial charge in [0, 0.05) is 23.8 Å². The van der Waals surface area contributed by atoms with Crippen molar-refractivity contribution in [2.45, 2.75) is 57.5 Å². The first-order valence-corrected chi connectivity index (χ1v) is 8.59. The predicted octanol–water partition coefficient (Wildman–Crippen LogP) is 3.81. The fourth-order valence-corrected chi connectivity index (χ4v) is 3.95. The van der Waals surface area contributed by atoms with E-state index in [-0.39, 0.29) is 0 Å². The molecule has 1 heterocycles. The quantitative estimate of drug-likeness (QED) is 0.864. The van der Waals surface area contributed by atoms with E-state index in [1.807, 2.05) is 13.0 Å². The van der Waals surface area contributed by atoms with E-state index in [4.69, 9.17) is 4.74 Å². The van der Waals surface area contributed by atoms with Crippen molar-refractivity contribution in [2.75, 3.05) is 18.5 Å². The van der Waals surface area contributed by atoms with E-state index in [1.54, 1.807) is 0 Å². The lowest BCUT2D eigenvalue weighted by molar-refractivity contribution is 0.262. The predicted molar refractivity (Wildman–Crippen MR) is 88.0 cm³/mol. The largest absolute Gasteiger partial charge is 0.494 e. The molecule has 1 aromatic carbocycles. The first kappa shape index (κ1) is 14.7. The molecule has 3 rings (SSSR count). The number of hydrogen-bond donors (Lipinski definition) is 2. The van der Waals surface area contributed by atoms with Crippen LogP contribution in [-0.4, -0.2) is 25.2 Å². The summed E-state index contributed by atoms with van der Waals surface area (Å²) < 4.78 is 5.61. The number of hydrogen-bond acceptors (Lipinski definition) is 3. The highest BCUT2D eigenvalue weighted by atomic mass is 16.5. The molecular weight excluding hydrogens is 260 g/mol. The zero-order valence-corrected chi connectivity index (χ0v) is 13.1. The number of rotatable bonds is 5. The monoisotopic (exact) mass is 288 g/mol. The normalized spacial score (nSPS) is 29.3. The van der Waals surface area contributed by atoms with E-state index in [0.29, 0.717) is 6.04 Å². The summed E-state index contributed by atoms with van der Waals surface area (Å²) in [7, 11) is 0. The van der Waals surface area contributed by atoms with Crippen LogP contribution in [0, 0.1) is 5.92 Å². The summed E-state index contributed by atoms with van der Waals surface area (Å²) in [6.07, 6.45) is 8.09. The summed E-state index contributed by atoms with van der Waals surface area (Å²) in [5.41, 5.74) is 1.20. The van der Waals surface area contributed by atoms with Crippen molar-refractivity contribution in [3.8, 4) is 5.75 Å². The number of nitrogens with one attached hydrogen (secondary N) is 2. The van der Waals surface area contributed by atoms with Crippen LogP contribution in [0.1, 0.15) is 45.4 Å². The molecule has 3 unspecified atom stereocenters. The highest BCUT2D eigenvalue weighted by Gasteiger charge is 2.33. The Balaban J connectivity index is 1.67. The van der Waals surface area contributed by atoms with Crippen LogP contribution in [0.4, 0.5) is 5.69 Å². The van der Waals surface area contributed by atoms with Gasteiger partial charge in [-0.15, -0.1) is 0 Å². The molecule has 0 spiro atoms. The van der Waals surface area contributed by atoms with Crippen LogP contribution in [0.15, 0.2) is 24.3 Å². The first-order chi connectivity index (χ1) is 10.4. The Morgan fingerprint density at radius 2 is 2.10 bits per heavy atom. The molecule has 2 aliphatic rings. The highest BCUT2D eigenvalue weighted by Crippen LogP contribution is 2.33. The molecule has 21 heavy (non-hydrogen) atoms. The smallest absolute Gasteiger partial charge is 0.121 e. The molecule has 1 aliphatic carbocycles. The maximum Gasteiger partial charge on any atom is 0.121 e. The average molecular weight is 288 g/mol. The molecule has 1 aliphatic heterocycles. The summed E-state index contributed by atoms with van der Waals surface area (Å²) in [4.78, 5) is 0. The fraction of sp³-hybridized carbons (Fsp3) is 0.667. The molecule has 0 amide bonds. The summed E-state index contributed by atoms with van der Waals surface area (Å²) in [6.45, 7) is 3.96. The maximum atomic E-state index is 5.61. The maximum absolute atomic E-state index is 5.61. The van der Waals surface area contributed by atoms with Crippen molar-refractivity contribution in [1.82, 2.24) is 5.32 Å². The molecular formula is C18H28N2O. The van der Waals surface area contributed by atoms with Gasteiger partial charge in [0.2, 0.25) is 0 Å². The third kappa shape index (κ3) is 3.70. The topological polar surface area (TPSA) is 33.3 Å². The van der Waals surface area contributed by atoms with Gasteiger partial charge < -0.3 is 15.4 Å². The molecule has 0 radical (unpaired) electrons. The lowest BCUT2D eigenvalue weighted by atomic mass is 9.79. The zero-order chi connectivity index (χ0) is 14.5. The molecule has 3 atom stereocenters. The average Bonchev–Trinajstić information content (AvgIpc) is 3.03. The van der Waals surface area contributed by atoms with Crippen LogP contribution in [-0.2, 0) is 0 Å². The van der Waals surface area contributed by atoms with Crippen molar-refractivity contribution in [2.24, 2.45) is 5.92 Å². The summed E-state index contributed by atoms with van der Waals surface area (Å²) >= 11 is 0. The third-order valence-electron chi connectivity index (χ3n) is 4.93. The second-order valence-electron chi connectivity index (χ2n) is 6.36. The van der Waals surface area contributed by atoms with Gasteiger partial charge in [0.1, 0.15) is 5.75 Å². The van der Waals surface area contributed by atoms with Gasteiger partial charge in [0.15, 0.2) is 0 Å². The van der Waals surface area contributed by atoms with E-state index in [1.165, 1.54) is 50.8 Å². The van der Waals surface area contributed by atoms with E-state index in [9.17, 15) is 0 Å². The van der Waals surface area contributed by atoms with Gasteiger partial charge in [0.25, 0.3) is 0 Å². The van der Waals surface area contributed by atoms with E-state index in [0.717, 1.165) is 24.3 Å². The van der Waals surface area contributed by atoms with E-state index < -0.39 is 0 Å². The van der Waals surface area contributed by atoms with Crippen LogP contribution in [0.3, 0.4) is 0 Å². The second-order valence-corrected chi connectivity index (χ2v) is 6.36. The van der Waals surface area contributed by atoms with Crippen molar-refractivity contribution < 1.29 is 4.74 Å². The third-order valence-corrected chi connectivity index (χ3v) is 4.93. The van der Waals surface area contributed by atoms with Gasteiger partial charge in [-0.1, -0.05) is 18.9 Å². The summed E-state index contributed by atoms with van der Waals surface area (Å²) in [5, 5.41) is 7.50. The Morgan fingerprint density at radius 3 is 2.90 bits per heavy atom. The van der Waals surface area contributed by atoms with Crippen molar-refractivity contribution in [1.29, 1.82) is 0 Å². The van der Waals surface area contributed by atoms with Gasteiger partial charge in [-0.2, -0.15) is 0 Å². The van der Waals surface area contributed by atoms with Gasteiger partial charge in [-0.3, -0.25) is 0 Å². The van der Waals surface area contributed by atoms with Crippen molar-refractivity contribution in [3.63, 3.8) is 0 Å². The van der Waals surface area contributed by atoms with Crippen LogP contribution >= 0.6 is 0 Å². The minimum atomic E-state index is 0.603. The Bertz CT molecular complexity index is 443. The second kappa shape index (κ2) is 7.17. The molecule has 3 nitrogen and oxygen atoms in total. The molecule has 116 valence electrons. The molecule has 3 heteroatoms. The molecule has 2 N–H and O–H groups in total. The molecule has 0 aromatic heterocycles. The first-order valence-electron chi connectivity index (χ1n) is 8.59. The number of ether oxygens (including phenoxy) is 1. The molecule has 1 aromatic rings. The van der Waals surface area contributed by atoms with Gasteiger partial charge in [-0.25, -0.2) is 0 Å². The minimum Gasteiger partial charge on any atom is -0.494 e. The van der Waals surface area contributed by atoms with Crippen molar-refractivity contribution in [3.05, 3.63) is 24.3 Å². The number of anilines is 1. The van der Waals surface area contributed by atoms with Crippen LogP contribution in [0.25, 0.3) is 0 Å². The Hall–Kier alpha value is -1.22. The van der Waals surface area contributed by atoms with Crippen LogP contribution in [0.2, 0.25) is 0 Å². The lowest BCUT2D eigenvalue weighted by Gasteiger charge is -2.36. The number of benzene rings is 1. The molecule has 0 bridgehead atoms. The Kier molecular flexibility index (Phi) is 5.02. The van der Waals surface area contributed by atoms with Gasteiger partial charge in [0.05, 0.1) is 6.61 Å². The summed E-state index contributed by atoms with van der Waals surface area (Å²) in [5.74, 6) is 1.74. The Morgan fingerprint density at radius 1 is 1.19 bits per heavy atom. The van der Waals surface area contributed by atoms with E-state index in [2.05, 4.69) is 28.8 Å². The molecule has 1 saturated carbocycles. The summed E-state index contributed by atoms with van der Waals surface area (Å²) in [6, 6.07) is 9.74. The molecule has 1 saturated heterocycles. The van der Waals surface area contributed by atoms with Gasteiger partial charge >= 0.3 is 0 Å². The van der Waals surface area contributed by atoms with E-state index >= 15 is 0 Å².